The van der Waals surface area contributed by atoms with E-state index in [2.05, 4.69) is 33.3 Å². The molecule has 0 aliphatic rings. The van der Waals surface area contributed by atoms with Gasteiger partial charge in [-0.25, -0.2) is 25.3 Å². The Morgan fingerprint density at radius 3 is 0.566 bits per heavy atom. The Labute approximate surface area is 359 Å². The van der Waals surface area contributed by atoms with Gasteiger partial charge in [-0.1, -0.05) is 194 Å². The Kier molecular flexibility index (Phi) is 56.7. The number of hydrogen-bond acceptors (Lipinski definition) is 12. The summed E-state index contributed by atoms with van der Waals surface area (Å²) >= 11 is 0. The van der Waals surface area contributed by atoms with Crippen molar-refractivity contribution in [3.05, 3.63) is 0 Å². The summed E-state index contributed by atoms with van der Waals surface area (Å²) in [5.41, 5.74) is 0. The molecule has 0 unspecified atom stereocenters. The molecule has 0 N–H and O–H groups in total. The first-order valence-electron chi connectivity index (χ1n) is 20.0. The average Bonchev–Trinajstić information content (AvgIpc) is 3.04. The van der Waals surface area contributed by atoms with E-state index >= 15 is 0 Å². The van der Waals surface area contributed by atoms with Crippen molar-refractivity contribution in [2.45, 2.75) is 213 Å². The van der Waals surface area contributed by atoms with Gasteiger partial charge in [0.25, 0.3) is 0 Å². The van der Waals surface area contributed by atoms with Gasteiger partial charge < -0.3 is 13.7 Å². The van der Waals surface area contributed by atoms with E-state index in [-0.39, 0.29) is 66.4 Å². The standard InChI is InChI=1S/3C12H26O4S.Cu.Na/c3*1-2-3-4-5-6-7-8-9-10-11-12-16-17(13,14)15;;/h3*2-12H2,1H3,(H,13,14,15);;/q;;;+2;+1/p-3. The van der Waals surface area contributed by atoms with E-state index in [1.54, 1.807) is 0 Å². The van der Waals surface area contributed by atoms with Crippen LogP contribution in [0.5, 0.6) is 0 Å². The van der Waals surface area contributed by atoms with Crippen LogP contribution in [0.1, 0.15) is 213 Å². The molecule has 0 rings (SSSR count). The van der Waals surface area contributed by atoms with E-state index in [4.69, 9.17) is 0 Å². The van der Waals surface area contributed by atoms with Crippen LogP contribution in [0.4, 0.5) is 0 Å². The number of rotatable bonds is 36. The Morgan fingerprint density at radius 1 is 0.302 bits per heavy atom. The first kappa shape index (κ1) is 63.3. The Bertz CT molecular complexity index is 890. The van der Waals surface area contributed by atoms with Crippen LogP contribution in [0.25, 0.3) is 0 Å². The zero-order valence-electron chi connectivity index (χ0n) is 33.8. The summed E-state index contributed by atoms with van der Waals surface area (Å²) in [5.74, 6) is 0. The molecule has 53 heavy (non-hydrogen) atoms. The summed E-state index contributed by atoms with van der Waals surface area (Å²) in [4.78, 5) is 0. The molecule has 0 amide bonds. The second-order valence-electron chi connectivity index (χ2n) is 13.2. The zero-order valence-corrected chi connectivity index (χ0v) is 39.2. The topological polar surface area (TPSA) is 199 Å². The van der Waals surface area contributed by atoms with E-state index in [1.807, 2.05) is 0 Å². The quantitative estimate of drug-likeness (QED) is 0.0267. The zero-order chi connectivity index (χ0) is 39.0. The second kappa shape index (κ2) is 47.5. The molecule has 0 aliphatic heterocycles. The predicted octanol–water partition coefficient (Wildman–Crippen LogP) is 7.15. The van der Waals surface area contributed by atoms with Crippen molar-refractivity contribution < 1.29 is 98.1 Å². The molecule has 0 atom stereocenters. The predicted molar refractivity (Wildman–Crippen MR) is 202 cm³/mol. The minimum Gasteiger partial charge on any atom is -0.726 e. The maximum Gasteiger partial charge on any atom is 2.00 e. The third kappa shape index (κ3) is 74.7. The van der Waals surface area contributed by atoms with Crippen LogP contribution in [0.2, 0.25) is 0 Å². The van der Waals surface area contributed by atoms with Gasteiger partial charge in [0.05, 0.1) is 19.8 Å². The summed E-state index contributed by atoms with van der Waals surface area (Å²) in [7, 11) is -13.5. The molecule has 0 aromatic carbocycles. The Balaban J connectivity index is -0.000000213. The monoisotopic (exact) mass is 881 g/mol. The maximum atomic E-state index is 10.1. The first-order valence-corrected chi connectivity index (χ1v) is 24.0. The van der Waals surface area contributed by atoms with Gasteiger partial charge in [-0.3, -0.25) is 12.5 Å². The SMILES string of the molecule is CCCCCCCCCCCCOS(=O)(=O)[O-].CCCCCCCCCCCCOS(=O)(=O)[O-].CCCCCCCCCCCCOS(=O)(=O)[O-].[Cu+2].[Na+]. The average molecular weight is 883 g/mol. The van der Waals surface area contributed by atoms with Crippen LogP contribution in [0, 0.1) is 0 Å². The summed E-state index contributed by atoms with van der Waals surface area (Å²) in [6, 6.07) is 0. The minimum atomic E-state index is -4.48. The van der Waals surface area contributed by atoms with Crippen LogP contribution in [-0.2, 0) is 60.8 Å². The van der Waals surface area contributed by atoms with Gasteiger partial charge in [0.2, 0.25) is 31.2 Å². The number of hydrogen-bond donors (Lipinski definition) is 0. The van der Waals surface area contributed by atoms with Crippen molar-refractivity contribution >= 4 is 31.2 Å². The van der Waals surface area contributed by atoms with E-state index in [9.17, 15) is 38.9 Å². The van der Waals surface area contributed by atoms with Gasteiger partial charge in [-0.15, -0.1) is 0 Å². The van der Waals surface area contributed by atoms with Gasteiger partial charge in [-0.05, 0) is 19.3 Å². The van der Waals surface area contributed by atoms with Crippen molar-refractivity contribution in [3.63, 3.8) is 0 Å². The molecule has 0 bridgehead atoms. The van der Waals surface area contributed by atoms with Crippen LogP contribution < -0.4 is 29.6 Å². The second-order valence-corrected chi connectivity index (χ2v) is 16.4. The first-order chi connectivity index (χ1) is 24.2. The maximum absolute atomic E-state index is 10.1. The van der Waals surface area contributed by atoms with Gasteiger partial charge in [-0.2, -0.15) is 0 Å². The fourth-order valence-electron chi connectivity index (χ4n) is 5.25. The van der Waals surface area contributed by atoms with Crippen LogP contribution in [0.15, 0.2) is 0 Å². The molecule has 0 fully saturated rings. The van der Waals surface area contributed by atoms with Gasteiger partial charge in [0.15, 0.2) is 0 Å². The Morgan fingerprint density at radius 2 is 0.434 bits per heavy atom. The molecular formula is C36H75CuNaO12S3. The van der Waals surface area contributed by atoms with Gasteiger partial charge >= 0.3 is 46.6 Å². The van der Waals surface area contributed by atoms with Crippen molar-refractivity contribution in [1.82, 2.24) is 0 Å². The molecular weight excluding hydrogens is 807 g/mol. The summed E-state index contributed by atoms with van der Waals surface area (Å²) in [5, 5.41) is 0. The van der Waals surface area contributed by atoms with E-state index in [0.717, 1.165) is 38.5 Å². The van der Waals surface area contributed by atoms with Crippen molar-refractivity contribution in [3.8, 4) is 0 Å². The summed E-state index contributed by atoms with van der Waals surface area (Å²) in [6.45, 7) is 6.73. The van der Waals surface area contributed by atoms with Gasteiger partial charge in [0.1, 0.15) is 0 Å². The molecule has 12 nitrogen and oxygen atoms in total. The molecule has 0 aliphatic carbocycles. The summed E-state index contributed by atoms with van der Waals surface area (Å²) in [6.07, 6.45) is 35.1. The van der Waals surface area contributed by atoms with Gasteiger partial charge in [0, 0.05) is 0 Å². The third-order valence-corrected chi connectivity index (χ3v) is 9.54. The minimum absolute atomic E-state index is 0. The van der Waals surface area contributed by atoms with E-state index < -0.39 is 31.2 Å². The van der Waals surface area contributed by atoms with Crippen molar-refractivity contribution in [1.29, 1.82) is 0 Å². The van der Waals surface area contributed by atoms with Crippen LogP contribution in [0.3, 0.4) is 0 Å². The molecule has 17 heteroatoms. The largest absolute Gasteiger partial charge is 2.00 e. The fourth-order valence-corrected chi connectivity index (χ4v) is 6.22. The molecule has 0 aromatic heterocycles. The molecule has 0 heterocycles. The molecule has 0 saturated heterocycles. The summed E-state index contributed by atoms with van der Waals surface area (Å²) < 4.78 is 103. The molecule has 0 spiro atoms. The van der Waals surface area contributed by atoms with Crippen LogP contribution in [-0.4, -0.2) is 58.7 Å². The molecule has 321 valence electrons. The van der Waals surface area contributed by atoms with E-state index in [0.29, 0.717) is 19.3 Å². The van der Waals surface area contributed by atoms with E-state index in [1.165, 1.54) is 135 Å². The molecule has 1 radical (unpaired) electrons. The molecule has 0 saturated carbocycles. The van der Waals surface area contributed by atoms with Crippen molar-refractivity contribution in [2.24, 2.45) is 0 Å². The molecule has 0 aromatic rings. The fraction of sp³-hybridized carbons (Fsp3) is 1.00. The Hall–Kier alpha value is 1.13. The number of unbranched alkanes of at least 4 members (excludes halogenated alkanes) is 27. The van der Waals surface area contributed by atoms with Crippen molar-refractivity contribution in [2.75, 3.05) is 19.8 Å². The third-order valence-electron chi connectivity index (χ3n) is 8.18. The van der Waals surface area contributed by atoms with Crippen LogP contribution >= 0.6 is 0 Å². The normalized spacial score (nSPS) is 11.4. The smallest absolute Gasteiger partial charge is 0.726 e.